The molecular formula is C11H12FN3. The van der Waals surface area contributed by atoms with E-state index >= 15 is 0 Å². The Labute approximate surface area is 87.8 Å². The first-order valence-corrected chi connectivity index (χ1v) is 4.75. The van der Waals surface area contributed by atoms with Crippen molar-refractivity contribution in [3.8, 4) is 6.07 Å². The highest BCUT2D eigenvalue weighted by Gasteiger charge is 2.06. The molecule has 2 rings (SSSR count). The second kappa shape index (κ2) is 4.56. The highest BCUT2D eigenvalue weighted by molar-refractivity contribution is 5.55. The first-order chi connectivity index (χ1) is 7.22. The van der Waals surface area contributed by atoms with Crippen molar-refractivity contribution in [2.75, 3.05) is 0 Å². The maximum Gasteiger partial charge on any atom is 0.155 e. The van der Waals surface area contributed by atoms with E-state index in [1.54, 1.807) is 17.5 Å². The van der Waals surface area contributed by atoms with Gasteiger partial charge in [-0.05, 0) is 13.0 Å². The summed E-state index contributed by atoms with van der Waals surface area (Å²) < 4.78 is 14.5. The van der Waals surface area contributed by atoms with Crippen LogP contribution in [0, 0.1) is 24.1 Å². The lowest BCUT2D eigenvalue weighted by Gasteiger charge is -1.97. The van der Waals surface area contributed by atoms with Crippen LogP contribution in [0.5, 0.6) is 0 Å². The molecule has 2 aromatic heterocycles. The van der Waals surface area contributed by atoms with Crippen LogP contribution in [0.1, 0.15) is 25.1 Å². The Morgan fingerprint density at radius 1 is 1.47 bits per heavy atom. The van der Waals surface area contributed by atoms with Crippen LogP contribution >= 0.6 is 0 Å². The minimum Gasteiger partial charge on any atom is -0.300 e. The first-order valence-electron chi connectivity index (χ1n) is 4.75. The van der Waals surface area contributed by atoms with E-state index in [0.717, 1.165) is 5.69 Å². The lowest BCUT2D eigenvalue weighted by molar-refractivity contribution is 0.618. The zero-order valence-electron chi connectivity index (χ0n) is 8.95. The summed E-state index contributed by atoms with van der Waals surface area (Å²) in [5, 5.41) is 8.70. The number of nitriles is 1. The second-order valence-electron chi connectivity index (χ2n) is 2.78. The van der Waals surface area contributed by atoms with Gasteiger partial charge in [0, 0.05) is 18.1 Å². The summed E-state index contributed by atoms with van der Waals surface area (Å²) in [6.07, 6.45) is 2.92. The van der Waals surface area contributed by atoms with E-state index in [1.807, 2.05) is 19.9 Å². The fourth-order valence-electron chi connectivity index (χ4n) is 1.25. The smallest absolute Gasteiger partial charge is 0.155 e. The molecule has 0 spiro atoms. The fraction of sp³-hybridized carbons (Fsp3) is 0.273. The largest absolute Gasteiger partial charge is 0.300 e. The molecule has 0 aliphatic carbocycles. The van der Waals surface area contributed by atoms with Crippen molar-refractivity contribution in [1.82, 2.24) is 9.38 Å². The molecule has 2 heterocycles. The number of nitrogens with zero attached hydrogens (tertiary/aromatic N) is 3. The van der Waals surface area contributed by atoms with E-state index in [1.165, 1.54) is 12.3 Å². The average Bonchev–Trinajstić information content (AvgIpc) is 2.62. The Kier molecular flexibility index (Phi) is 3.40. The van der Waals surface area contributed by atoms with Crippen LogP contribution in [0.2, 0.25) is 0 Å². The van der Waals surface area contributed by atoms with Gasteiger partial charge in [-0.1, -0.05) is 13.8 Å². The minimum atomic E-state index is -0.426. The molecule has 0 N–H and O–H groups in total. The number of pyridine rings is 1. The summed E-state index contributed by atoms with van der Waals surface area (Å²) in [5.41, 5.74) is 1.57. The Balaban J connectivity index is 0.000000531. The van der Waals surface area contributed by atoms with Crippen LogP contribution in [0.3, 0.4) is 0 Å². The molecule has 0 bridgehead atoms. The van der Waals surface area contributed by atoms with Gasteiger partial charge >= 0.3 is 0 Å². The summed E-state index contributed by atoms with van der Waals surface area (Å²) in [5.74, 6) is -0.426. The van der Waals surface area contributed by atoms with Gasteiger partial charge in [0.05, 0.1) is 5.56 Å². The van der Waals surface area contributed by atoms with Gasteiger partial charge in [-0.2, -0.15) is 5.26 Å². The summed E-state index contributed by atoms with van der Waals surface area (Å²) in [6.45, 7) is 5.81. The summed E-state index contributed by atoms with van der Waals surface area (Å²) in [4.78, 5) is 4.00. The highest BCUT2D eigenvalue weighted by atomic mass is 19.1. The molecule has 15 heavy (non-hydrogen) atoms. The van der Waals surface area contributed by atoms with Crippen LogP contribution in [0.15, 0.2) is 18.5 Å². The SMILES string of the molecule is CC.Cc1cnc2c(C#N)cc(F)cn12. The normalized spacial score (nSPS) is 9.27. The lowest BCUT2D eigenvalue weighted by atomic mass is 10.3. The monoisotopic (exact) mass is 205 g/mol. The molecule has 0 fully saturated rings. The average molecular weight is 205 g/mol. The topological polar surface area (TPSA) is 41.1 Å². The Hall–Kier alpha value is -1.89. The second-order valence-corrected chi connectivity index (χ2v) is 2.78. The predicted octanol–water partition coefficient (Wildman–Crippen LogP) is 2.68. The van der Waals surface area contributed by atoms with E-state index in [2.05, 4.69) is 4.98 Å². The van der Waals surface area contributed by atoms with Crippen LogP contribution in [0.25, 0.3) is 5.65 Å². The van der Waals surface area contributed by atoms with Crippen molar-refractivity contribution in [2.45, 2.75) is 20.8 Å². The van der Waals surface area contributed by atoms with Crippen LogP contribution in [-0.2, 0) is 0 Å². The van der Waals surface area contributed by atoms with Crippen molar-refractivity contribution in [2.24, 2.45) is 0 Å². The van der Waals surface area contributed by atoms with Gasteiger partial charge in [-0.3, -0.25) is 0 Å². The molecule has 0 unspecified atom stereocenters. The number of aryl methyl sites for hydroxylation is 1. The zero-order valence-corrected chi connectivity index (χ0v) is 8.95. The Bertz CT molecular complexity index is 508. The molecule has 0 aromatic carbocycles. The molecule has 0 aliphatic heterocycles. The van der Waals surface area contributed by atoms with Crippen molar-refractivity contribution >= 4 is 5.65 Å². The van der Waals surface area contributed by atoms with Gasteiger partial charge in [-0.25, -0.2) is 9.37 Å². The molecule has 3 nitrogen and oxygen atoms in total. The van der Waals surface area contributed by atoms with Crippen molar-refractivity contribution in [1.29, 1.82) is 5.26 Å². The quantitative estimate of drug-likeness (QED) is 0.663. The molecular weight excluding hydrogens is 193 g/mol. The molecule has 0 saturated heterocycles. The molecule has 0 atom stereocenters. The summed E-state index contributed by atoms with van der Waals surface area (Å²) in [6, 6.07) is 3.08. The number of rotatable bonds is 0. The van der Waals surface area contributed by atoms with Gasteiger partial charge in [0.25, 0.3) is 0 Å². The molecule has 2 aromatic rings. The molecule has 78 valence electrons. The number of halogens is 1. The maximum atomic E-state index is 12.9. The van der Waals surface area contributed by atoms with Gasteiger partial charge in [0.15, 0.2) is 5.65 Å². The molecule has 0 amide bonds. The summed E-state index contributed by atoms with van der Waals surface area (Å²) in [7, 11) is 0. The van der Waals surface area contributed by atoms with E-state index in [9.17, 15) is 4.39 Å². The van der Waals surface area contributed by atoms with Crippen LogP contribution < -0.4 is 0 Å². The van der Waals surface area contributed by atoms with E-state index in [4.69, 9.17) is 5.26 Å². The number of imidazole rings is 1. The number of hydrogen-bond donors (Lipinski definition) is 0. The third-order valence-corrected chi connectivity index (χ3v) is 1.88. The fourth-order valence-corrected chi connectivity index (χ4v) is 1.25. The van der Waals surface area contributed by atoms with Gasteiger partial charge < -0.3 is 4.40 Å². The van der Waals surface area contributed by atoms with Gasteiger partial charge in [0.1, 0.15) is 11.9 Å². The van der Waals surface area contributed by atoms with Crippen molar-refractivity contribution in [3.05, 3.63) is 35.5 Å². The zero-order chi connectivity index (χ0) is 11.4. The third-order valence-electron chi connectivity index (χ3n) is 1.88. The molecule has 0 aliphatic rings. The standard InChI is InChI=1S/C9H6FN3.C2H6/c1-6-4-12-9-7(3-11)2-8(10)5-13(6)9;1-2/h2,4-5H,1H3;1-2H3. The lowest BCUT2D eigenvalue weighted by Crippen LogP contribution is -1.92. The Morgan fingerprint density at radius 3 is 2.73 bits per heavy atom. The Morgan fingerprint density at radius 2 is 2.13 bits per heavy atom. The van der Waals surface area contributed by atoms with Gasteiger partial charge in [0.2, 0.25) is 0 Å². The van der Waals surface area contributed by atoms with Crippen molar-refractivity contribution < 1.29 is 4.39 Å². The molecule has 4 heteroatoms. The number of fused-ring (bicyclic) bond motifs is 1. The minimum absolute atomic E-state index is 0.258. The van der Waals surface area contributed by atoms with E-state index in [-0.39, 0.29) is 5.56 Å². The third kappa shape index (κ3) is 1.96. The molecule has 0 saturated carbocycles. The van der Waals surface area contributed by atoms with E-state index < -0.39 is 5.82 Å². The predicted molar refractivity (Wildman–Crippen MR) is 56.0 cm³/mol. The van der Waals surface area contributed by atoms with Crippen LogP contribution in [-0.4, -0.2) is 9.38 Å². The number of aromatic nitrogens is 2. The highest BCUT2D eigenvalue weighted by Crippen LogP contribution is 2.12. The van der Waals surface area contributed by atoms with E-state index in [0.29, 0.717) is 5.65 Å². The van der Waals surface area contributed by atoms with Crippen molar-refractivity contribution in [3.63, 3.8) is 0 Å². The first kappa shape index (κ1) is 11.2. The van der Waals surface area contributed by atoms with Gasteiger partial charge in [-0.15, -0.1) is 0 Å². The maximum absolute atomic E-state index is 12.9. The number of hydrogen-bond acceptors (Lipinski definition) is 2. The summed E-state index contributed by atoms with van der Waals surface area (Å²) >= 11 is 0. The molecule has 0 radical (unpaired) electrons. The van der Waals surface area contributed by atoms with Crippen LogP contribution in [0.4, 0.5) is 4.39 Å².